The van der Waals surface area contributed by atoms with E-state index in [0.29, 0.717) is 35.8 Å². The lowest BCUT2D eigenvalue weighted by molar-refractivity contribution is -0.158. The molecular weight excluding hydrogens is 592 g/mol. The van der Waals surface area contributed by atoms with Gasteiger partial charge in [-0.25, -0.2) is 9.59 Å². The third kappa shape index (κ3) is 11.8. The molecule has 4 aromatic carbocycles. The molecule has 0 aliphatic heterocycles. The molecule has 4 rings (SSSR count). The summed E-state index contributed by atoms with van der Waals surface area (Å²) in [5, 5.41) is 0. The number of ether oxygens (including phenoxy) is 6. The van der Waals surface area contributed by atoms with Crippen LogP contribution in [0.5, 0.6) is 23.0 Å². The van der Waals surface area contributed by atoms with Crippen molar-refractivity contribution in [1.82, 2.24) is 0 Å². The average molecular weight is 627 g/mol. The van der Waals surface area contributed by atoms with Crippen molar-refractivity contribution in [3.05, 3.63) is 134 Å². The molecule has 0 N–H and O–H groups in total. The number of benzene rings is 4. The molecule has 0 saturated carbocycles. The van der Waals surface area contributed by atoms with Gasteiger partial charge >= 0.3 is 11.9 Å². The summed E-state index contributed by atoms with van der Waals surface area (Å²) in [6, 6.07) is 33.2. The highest BCUT2D eigenvalue weighted by Gasteiger charge is 2.14. The second kappa shape index (κ2) is 17.8. The Morgan fingerprint density at radius 1 is 0.556 bits per heavy atom. The molecule has 0 saturated heterocycles. The minimum atomic E-state index is -0.741. The maximum Gasteiger partial charge on any atom is 0.336 e. The zero-order chi connectivity index (χ0) is 31.7. The van der Waals surface area contributed by atoms with Gasteiger partial charge in [-0.3, -0.25) is 0 Å². The van der Waals surface area contributed by atoms with Crippen LogP contribution in [0.3, 0.4) is 0 Å². The summed E-state index contributed by atoms with van der Waals surface area (Å²) in [6.45, 7) is 3.73. The Kier molecular flexibility index (Phi) is 13.0. The summed E-state index contributed by atoms with van der Waals surface area (Å²) < 4.78 is 33.2. The molecule has 0 heterocycles. The van der Waals surface area contributed by atoms with Gasteiger partial charge in [0.05, 0.1) is 24.7 Å². The number of hydrogen-bond acceptors (Lipinski definition) is 9. The second-order valence-corrected chi connectivity index (χ2v) is 10.4. The van der Waals surface area contributed by atoms with Gasteiger partial charge in [-0.15, -0.1) is 0 Å². The molecule has 9 heteroatoms. The first-order valence-corrected chi connectivity index (χ1v) is 15.2. The van der Waals surface area contributed by atoms with Gasteiger partial charge in [-0.2, -0.15) is 0 Å². The molecule has 0 radical (unpaired) electrons. The highest BCUT2D eigenvalue weighted by molar-refractivity contribution is 7.99. The van der Waals surface area contributed by atoms with E-state index in [2.05, 4.69) is 0 Å². The van der Waals surface area contributed by atoms with Crippen molar-refractivity contribution in [3.8, 4) is 23.0 Å². The third-order valence-electron chi connectivity index (χ3n) is 5.88. The van der Waals surface area contributed by atoms with Crippen molar-refractivity contribution >= 4 is 23.7 Å². The summed E-state index contributed by atoms with van der Waals surface area (Å²) in [6.07, 6.45) is 4.47. The van der Waals surface area contributed by atoms with Gasteiger partial charge in [0, 0.05) is 22.6 Å². The fourth-order valence-corrected chi connectivity index (χ4v) is 4.48. The van der Waals surface area contributed by atoms with Crippen LogP contribution in [-0.2, 0) is 19.1 Å². The smallest absolute Gasteiger partial charge is 0.336 e. The molecule has 8 nitrogen and oxygen atoms in total. The first kappa shape index (κ1) is 32.8. The Hall–Kier alpha value is -5.15. The van der Waals surface area contributed by atoms with E-state index in [1.807, 2.05) is 98.8 Å². The number of hydrogen-bond donors (Lipinski definition) is 0. The van der Waals surface area contributed by atoms with E-state index in [-0.39, 0.29) is 0 Å². The number of para-hydroxylation sites is 2. The fourth-order valence-electron chi connectivity index (χ4n) is 3.67. The standard InChI is InChI=1S/C36H34O8S/c1-3-35(43-33(37)23-25-39-27-11-7-5-8-12-27)41-29-15-19-31(20-16-29)45-32-21-17-30(18-22-32)42-36(4-2)44-34(38)24-26-40-28-13-9-6-10-14-28/h5-26,35-36H,3-4H2,1-2H3/b25-23+,26-24+. The number of carbonyl (C=O) groups excluding carboxylic acids is 2. The van der Waals surface area contributed by atoms with E-state index in [1.54, 1.807) is 36.0 Å². The van der Waals surface area contributed by atoms with Gasteiger partial charge in [-0.05, 0) is 72.8 Å². The molecule has 0 fully saturated rings. The Morgan fingerprint density at radius 2 is 0.933 bits per heavy atom. The van der Waals surface area contributed by atoms with Crippen LogP contribution in [0, 0.1) is 0 Å². The van der Waals surface area contributed by atoms with Gasteiger partial charge in [-0.1, -0.05) is 62.0 Å². The largest absolute Gasteiger partial charge is 0.465 e. The maximum atomic E-state index is 12.2. The Labute approximate surface area is 267 Å². The summed E-state index contributed by atoms with van der Waals surface area (Å²) in [7, 11) is 0. The zero-order valence-electron chi connectivity index (χ0n) is 24.9. The summed E-state index contributed by atoms with van der Waals surface area (Å²) in [5.74, 6) is 1.27. The Morgan fingerprint density at radius 3 is 1.29 bits per heavy atom. The quantitative estimate of drug-likeness (QED) is 0.0527. The molecule has 2 unspecified atom stereocenters. The molecule has 0 aromatic heterocycles. The minimum absolute atomic E-state index is 0.474. The van der Waals surface area contributed by atoms with E-state index in [1.165, 1.54) is 24.7 Å². The lowest BCUT2D eigenvalue weighted by Crippen LogP contribution is -2.22. The normalized spacial score (nSPS) is 12.3. The first-order valence-electron chi connectivity index (χ1n) is 14.4. The summed E-state index contributed by atoms with van der Waals surface area (Å²) >= 11 is 1.56. The molecule has 232 valence electrons. The van der Waals surface area contributed by atoms with E-state index >= 15 is 0 Å². The SMILES string of the molecule is CCC(OC(=O)/C=C/Oc1ccccc1)Oc1ccc(Sc2ccc(OC(CC)OC(=O)/C=C/Oc3ccccc3)cc2)cc1. The van der Waals surface area contributed by atoms with Gasteiger partial charge in [0.2, 0.25) is 12.6 Å². The van der Waals surface area contributed by atoms with Crippen molar-refractivity contribution in [2.24, 2.45) is 0 Å². The number of carbonyl (C=O) groups is 2. The lowest BCUT2D eigenvalue weighted by atomic mass is 10.3. The zero-order valence-corrected chi connectivity index (χ0v) is 25.8. The van der Waals surface area contributed by atoms with Crippen molar-refractivity contribution in [3.63, 3.8) is 0 Å². The van der Waals surface area contributed by atoms with E-state index in [4.69, 9.17) is 28.4 Å². The lowest BCUT2D eigenvalue weighted by Gasteiger charge is -2.17. The van der Waals surface area contributed by atoms with Gasteiger partial charge in [0.15, 0.2) is 0 Å². The molecule has 4 aromatic rings. The Bertz CT molecular complexity index is 1400. The van der Waals surface area contributed by atoms with Crippen LogP contribution >= 0.6 is 11.8 Å². The van der Waals surface area contributed by atoms with Gasteiger partial charge < -0.3 is 28.4 Å². The molecule has 0 aliphatic rings. The predicted octanol–water partition coefficient (Wildman–Crippen LogP) is 8.34. The third-order valence-corrected chi connectivity index (χ3v) is 6.90. The highest BCUT2D eigenvalue weighted by atomic mass is 32.2. The van der Waals surface area contributed by atoms with Crippen molar-refractivity contribution < 1.29 is 38.0 Å². The minimum Gasteiger partial charge on any atom is -0.465 e. The molecule has 0 spiro atoms. The van der Waals surface area contributed by atoms with E-state index < -0.39 is 24.5 Å². The van der Waals surface area contributed by atoms with E-state index in [9.17, 15) is 9.59 Å². The van der Waals surface area contributed by atoms with Crippen LogP contribution in [0.1, 0.15) is 26.7 Å². The second-order valence-electron chi connectivity index (χ2n) is 9.30. The average Bonchev–Trinajstić information content (AvgIpc) is 3.07. The van der Waals surface area contributed by atoms with Gasteiger partial charge in [0.25, 0.3) is 0 Å². The monoisotopic (exact) mass is 626 g/mol. The number of rotatable bonds is 16. The van der Waals surface area contributed by atoms with Crippen LogP contribution in [0.25, 0.3) is 0 Å². The molecular formula is C36H34O8S. The molecule has 2 atom stereocenters. The predicted molar refractivity (Wildman–Crippen MR) is 171 cm³/mol. The molecule has 0 aliphatic carbocycles. The van der Waals surface area contributed by atoms with Crippen LogP contribution in [0.2, 0.25) is 0 Å². The summed E-state index contributed by atoms with van der Waals surface area (Å²) in [4.78, 5) is 26.3. The van der Waals surface area contributed by atoms with Crippen LogP contribution in [0.15, 0.2) is 144 Å². The van der Waals surface area contributed by atoms with Crippen molar-refractivity contribution in [2.75, 3.05) is 0 Å². The van der Waals surface area contributed by atoms with Crippen LogP contribution in [0.4, 0.5) is 0 Å². The maximum absolute atomic E-state index is 12.2. The van der Waals surface area contributed by atoms with E-state index in [0.717, 1.165) is 9.79 Å². The first-order chi connectivity index (χ1) is 22.0. The number of esters is 2. The molecule has 0 bridgehead atoms. The topological polar surface area (TPSA) is 89.5 Å². The highest BCUT2D eigenvalue weighted by Crippen LogP contribution is 2.31. The summed E-state index contributed by atoms with van der Waals surface area (Å²) in [5.41, 5.74) is 0. The molecule has 45 heavy (non-hydrogen) atoms. The molecule has 0 amide bonds. The van der Waals surface area contributed by atoms with Crippen LogP contribution < -0.4 is 18.9 Å². The fraction of sp³-hybridized carbons (Fsp3) is 0.167. The van der Waals surface area contributed by atoms with Crippen molar-refractivity contribution in [1.29, 1.82) is 0 Å². The van der Waals surface area contributed by atoms with Crippen molar-refractivity contribution in [2.45, 2.75) is 49.1 Å². The Balaban J connectivity index is 1.21. The van der Waals surface area contributed by atoms with Gasteiger partial charge in [0.1, 0.15) is 23.0 Å². The van der Waals surface area contributed by atoms with Crippen LogP contribution in [-0.4, -0.2) is 24.5 Å².